The van der Waals surface area contributed by atoms with E-state index in [2.05, 4.69) is 10.3 Å². The molecule has 0 radical (unpaired) electrons. The van der Waals surface area contributed by atoms with E-state index >= 15 is 0 Å². The molecule has 3 atom stereocenters. The second-order valence-electron chi connectivity index (χ2n) is 10.1. The van der Waals surface area contributed by atoms with Gasteiger partial charge in [-0.05, 0) is 29.5 Å². The molecule has 10 nitrogen and oxygen atoms in total. The lowest BCUT2D eigenvalue weighted by Gasteiger charge is -2.36. The molecular formula is C30H38N4O6S. The van der Waals surface area contributed by atoms with Crippen molar-refractivity contribution in [3.8, 4) is 0 Å². The van der Waals surface area contributed by atoms with Gasteiger partial charge in [-0.15, -0.1) is 0 Å². The number of hydrogen-bond acceptors (Lipinski definition) is 8. The molecule has 1 aromatic heterocycles. The van der Waals surface area contributed by atoms with E-state index in [1.165, 1.54) is 0 Å². The molecule has 2 amide bonds. The molecule has 1 saturated heterocycles. The van der Waals surface area contributed by atoms with Crippen LogP contribution in [0.1, 0.15) is 73.2 Å². The maximum Gasteiger partial charge on any atom is 0.243 e. The van der Waals surface area contributed by atoms with Crippen LogP contribution in [-0.2, 0) is 39.3 Å². The molecule has 1 aliphatic rings. The molecule has 0 unspecified atom stereocenters. The quantitative estimate of drug-likeness (QED) is 0.0956. The molecule has 0 saturated carbocycles. The largest absolute Gasteiger partial charge is 0.392 e. The first-order valence-electron chi connectivity index (χ1n) is 13.8. The van der Waals surface area contributed by atoms with Crippen molar-refractivity contribution in [3.63, 3.8) is 0 Å². The van der Waals surface area contributed by atoms with Gasteiger partial charge in [0.2, 0.25) is 11.8 Å². The third-order valence-corrected chi connectivity index (χ3v) is 8.15. The predicted molar refractivity (Wildman–Crippen MR) is 154 cm³/mol. The topological polar surface area (TPSA) is 135 Å². The normalized spacial score (nSPS) is 18.7. The van der Waals surface area contributed by atoms with E-state index in [4.69, 9.17) is 14.7 Å². The minimum atomic E-state index is -0.546. The standard InChI is InChI=1S/C30H38N4O6S/c1-34-16-15-31-30(34)41-20-25-17-26(23-11-9-22(19-35)10-12-23)40-29(39-25)24-13-7-21(8-14-24)18-32-27(36)5-3-2-4-6-28(37)33-38/h7-16,25-26,29,35,38H,2-6,17-20H2,1H3,(H,32,36)(H,33,37)/t25-,26+,29+/m1/s1. The number of rotatable bonds is 14. The Kier molecular flexibility index (Phi) is 11.8. The van der Waals surface area contributed by atoms with Gasteiger partial charge in [0.05, 0.1) is 18.8 Å². The van der Waals surface area contributed by atoms with Crippen LogP contribution in [0.3, 0.4) is 0 Å². The highest BCUT2D eigenvalue weighted by Crippen LogP contribution is 2.39. The second kappa shape index (κ2) is 15.7. The van der Waals surface area contributed by atoms with Crippen LogP contribution in [0.4, 0.5) is 0 Å². The van der Waals surface area contributed by atoms with Crippen LogP contribution in [0, 0.1) is 0 Å². The molecule has 1 aliphatic heterocycles. The number of aliphatic hydroxyl groups is 1. The summed E-state index contributed by atoms with van der Waals surface area (Å²) in [5.74, 6) is 0.282. The number of hydroxylamine groups is 1. The summed E-state index contributed by atoms with van der Waals surface area (Å²) < 4.78 is 14.8. The molecular weight excluding hydrogens is 544 g/mol. The number of thioether (sulfide) groups is 1. The van der Waals surface area contributed by atoms with Gasteiger partial charge in [-0.1, -0.05) is 66.7 Å². The summed E-state index contributed by atoms with van der Waals surface area (Å²) in [6.45, 7) is 0.417. The minimum Gasteiger partial charge on any atom is -0.392 e. The summed E-state index contributed by atoms with van der Waals surface area (Å²) in [4.78, 5) is 27.6. The summed E-state index contributed by atoms with van der Waals surface area (Å²) in [5, 5.41) is 21.8. The number of benzene rings is 2. The van der Waals surface area contributed by atoms with E-state index in [0.717, 1.165) is 39.6 Å². The van der Waals surface area contributed by atoms with E-state index in [1.54, 1.807) is 23.4 Å². The summed E-state index contributed by atoms with van der Waals surface area (Å²) in [6.07, 6.45) is 6.33. The number of ether oxygens (including phenoxy) is 2. The number of imidazole rings is 1. The summed E-state index contributed by atoms with van der Waals surface area (Å²) in [7, 11) is 1.97. The van der Waals surface area contributed by atoms with E-state index < -0.39 is 12.2 Å². The second-order valence-corrected chi connectivity index (χ2v) is 11.1. The lowest BCUT2D eigenvalue weighted by atomic mass is 10.0. The zero-order chi connectivity index (χ0) is 29.0. The van der Waals surface area contributed by atoms with Gasteiger partial charge < -0.3 is 24.5 Å². The van der Waals surface area contributed by atoms with Gasteiger partial charge in [0.1, 0.15) is 0 Å². The molecule has 0 bridgehead atoms. The van der Waals surface area contributed by atoms with Crippen LogP contribution in [0.25, 0.3) is 0 Å². The van der Waals surface area contributed by atoms with Crippen molar-refractivity contribution in [2.24, 2.45) is 7.05 Å². The third-order valence-electron chi connectivity index (χ3n) is 6.96. The molecule has 2 heterocycles. The van der Waals surface area contributed by atoms with Crippen molar-refractivity contribution in [3.05, 3.63) is 83.2 Å². The number of carbonyl (C=O) groups excluding carboxylic acids is 2. The fourth-order valence-corrected chi connectivity index (χ4v) is 5.52. The van der Waals surface area contributed by atoms with Gasteiger partial charge in [0.15, 0.2) is 11.4 Å². The van der Waals surface area contributed by atoms with Gasteiger partial charge in [0, 0.05) is 56.6 Å². The van der Waals surface area contributed by atoms with Crippen molar-refractivity contribution in [1.82, 2.24) is 20.3 Å². The lowest BCUT2D eigenvalue weighted by molar-refractivity contribution is -0.245. The minimum absolute atomic E-state index is 0.00121. The van der Waals surface area contributed by atoms with Crippen LogP contribution < -0.4 is 10.8 Å². The Morgan fingerprint density at radius 3 is 2.32 bits per heavy atom. The maximum atomic E-state index is 12.2. The van der Waals surface area contributed by atoms with Gasteiger partial charge in [-0.3, -0.25) is 14.8 Å². The van der Waals surface area contributed by atoms with Gasteiger partial charge in [-0.2, -0.15) is 0 Å². The van der Waals surface area contributed by atoms with Crippen molar-refractivity contribution < 1.29 is 29.4 Å². The molecule has 0 aliphatic carbocycles. The monoisotopic (exact) mass is 582 g/mol. The number of amides is 2. The van der Waals surface area contributed by atoms with Gasteiger partial charge in [-0.25, -0.2) is 10.5 Å². The van der Waals surface area contributed by atoms with Crippen molar-refractivity contribution in [2.75, 3.05) is 5.75 Å². The average molecular weight is 583 g/mol. The molecule has 11 heteroatoms. The molecule has 4 N–H and O–H groups in total. The predicted octanol–water partition coefficient (Wildman–Crippen LogP) is 4.32. The van der Waals surface area contributed by atoms with Crippen LogP contribution >= 0.6 is 11.8 Å². The van der Waals surface area contributed by atoms with Crippen molar-refractivity contribution in [1.29, 1.82) is 0 Å². The summed E-state index contributed by atoms with van der Waals surface area (Å²) in [6, 6.07) is 15.7. The van der Waals surface area contributed by atoms with E-state index in [9.17, 15) is 14.7 Å². The number of aromatic nitrogens is 2. The first kappa shape index (κ1) is 30.7. The van der Waals surface area contributed by atoms with Gasteiger partial charge >= 0.3 is 0 Å². The molecule has 220 valence electrons. The first-order valence-corrected chi connectivity index (χ1v) is 14.8. The Hall–Kier alpha value is -3.22. The number of hydrogen-bond donors (Lipinski definition) is 4. The number of unbranched alkanes of at least 4 members (excludes halogenated alkanes) is 2. The highest BCUT2D eigenvalue weighted by Gasteiger charge is 2.32. The molecule has 3 aromatic rings. The molecule has 41 heavy (non-hydrogen) atoms. The number of aryl methyl sites for hydroxylation is 1. The smallest absolute Gasteiger partial charge is 0.243 e. The SMILES string of the molecule is Cn1ccnc1SC[C@H]1C[C@@H](c2ccc(CO)cc2)O[C@@H](c2ccc(CNC(=O)CCCCCC(=O)NO)cc2)O1. The Morgan fingerprint density at radius 1 is 0.976 bits per heavy atom. The molecule has 4 rings (SSSR count). The van der Waals surface area contributed by atoms with Crippen LogP contribution in [0.5, 0.6) is 0 Å². The Bertz CT molecular complexity index is 1250. The van der Waals surface area contributed by atoms with Crippen molar-refractivity contribution >= 4 is 23.6 Å². The zero-order valence-electron chi connectivity index (χ0n) is 23.2. The van der Waals surface area contributed by atoms with Crippen LogP contribution in [0.15, 0.2) is 66.1 Å². The summed E-state index contributed by atoms with van der Waals surface area (Å²) in [5.41, 5.74) is 5.37. The number of nitrogens with zero attached hydrogens (tertiary/aromatic N) is 2. The average Bonchev–Trinajstić information content (AvgIpc) is 3.43. The van der Waals surface area contributed by atoms with E-state index in [0.29, 0.717) is 32.2 Å². The first-order chi connectivity index (χ1) is 19.9. The maximum absolute atomic E-state index is 12.2. The lowest BCUT2D eigenvalue weighted by Crippen LogP contribution is -2.31. The molecule has 0 spiro atoms. The highest BCUT2D eigenvalue weighted by atomic mass is 32.2. The Balaban J connectivity index is 1.33. The Labute approximate surface area is 244 Å². The number of carbonyl (C=O) groups is 2. The number of aliphatic hydroxyl groups excluding tert-OH is 1. The highest BCUT2D eigenvalue weighted by molar-refractivity contribution is 7.99. The van der Waals surface area contributed by atoms with E-state index in [1.807, 2.05) is 66.3 Å². The van der Waals surface area contributed by atoms with Crippen LogP contribution in [0.2, 0.25) is 0 Å². The fourth-order valence-electron chi connectivity index (χ4n) is 4.57. The molecule has 1 fully saturated rings. The fraction of sp³-hybridized carbons (Fsp3) is 0.433. The van der Waals surface area contributed by atoms with Crippen LogP contribution in [-0.4, -0.2) is 43.5 Å². The van der Waals surface area contributed by atoms with Gasteiger partial charge in [0.25, 0.3) is 0 Å². The Morgan fingerprint density at radius 2 is 1.66 bits per heavy atom. The van der Waals surface area contributed by atoms with E-state index in [-0.39, 0.29) is 31.1 Å². The summed E-state index contributed by atoms with van der Waals surface area (Å²) >= 11 is 1.65. The van der Waals surface area contributed by atoms with Crippen molar-refractivity contribution in [2.45, 2.75) is 75.3 Å². The third kappa shape index (κ3) is 9.40. The molecule has 2 aromatic carbocycles. The zero-order valence-corrected chi connectivity index (χ0v) is 24.0. The number of nitrogens with one attached hydrogen (secondary N) is 2.